The molecule has 0 atom stereocenters. The van der Waals surface area contributed by atoms with E-state index in [4.69, 9.17) is 9.15 Å². The van der Waals surface area contributed by atoms with Crippen molar-refractivity contribution in [3.63, 3.8) is 0 Å². The molecule has 2 rings (SSSR count). The van der Waals surface area contributed by atoms with Crippen molar-refractivity contribution < 1.29 is 13.9 Å². The molecule has 1 N–H and O–H groups in total. The van der Waals surface area contributed by atoms with Crippen LogP contribution in [-0.4, -0.2) is 35.0 Å². The molecule has 0 unspecified atom stereocenters. The monoisotopic (exact) mass is 349 g/mol. The minimum absolute atomic E-state index is 0.0106. The van der Waals surface area contributed by atoms with Gasteiger partial charge in [-0.3, -0.25) is 4.79 Å². The molecule has 0 saturated heterocycles. The van der Waals surface area contributed by atoms with Gasteiger partial charge >= 0.3 is 0 Å². The smallest absolute Gasteiger partial charge is 0.277 e. The van der Waals surface area contributed by atoms with E-state index in [1.165, 1.54) is 11.8 Å². The quantitative estimate of drug-likeness (QED) is 0.701. The van der Waals surface area contributed by atoms with Gasteiger partial charge in [-0.15, -0.1) is 10.2 Å². The van der Waals surface area contributed by atoms with Crippen LogP contribution in [0.25, 0.3) is 0 Å². The molecule has 0 bridgehead atoms. The Hall–Kier alpha value is -2.02. The van der Waals surface area contributed by atoms with Crippen LogP contribution >= 0.6 is 11.8 Å². The molecule has 1 aromatic heterocycles. The number of nitrogens with one attached hydrogen (secondary N) is 1. The SMILES string of the molecule is CCC(CC)NC(=O)CSc1nnc(Cc2ccc(OC)cc2)o1. The molecule has 24 heavy (non-hydrogen) atoms. The van der Waals surface area contributed by atoms with E-state index in [0.717, 1.165) is 24.2 Å². The van der Waals surface area contributed by atoms with E-state index in [9.17, 15) is 4.79 Å². The molecular formula is C17H23N3O3S. The van der Waals surface area contributed by atoms with Gasteiger partial charge in [0.05, 0.1) is 19.3 Å². The van der Waals surface area contributed by atoms with Gasteiger partial charge in [0, 0.05) is 6.04 Å². The van der Waals surface area contributed by atoms with E-state index in [0.29, 0.717) is 17.5 Å². The Morgan fingerprint density at radius 1 is 1.25 bits per heavy atom. The molecule has 7 heteroatoms. The molecule has 0 radical (unpaired) electrons. The van der Waals surface area contributed by atoms with Crippen LogP contribution in [0.1, 0.15) is 38.1 Å². The topological polar surface area (TPSA) is 77.2 Å². The van der Waals surface area contributed by atoms with Crippen LogP contribution in [0, 0.1) is 0 Å². The van der Waals surface area contributed by atoms with Crippen molar-refractivity contribution in [3.8, 4) is 5.75 Å². The number of aromatic nitrogens is 2. The van der Waals surface area contributed by atoms with Crippen LogP contribution < -0.4 is 10.1 Å². The van der Waals surface area contributed by atoms with Crippen molar-refractivity contribution >= 4 is 17.7 Å². The minimum Gasteiger partial charge on any atom is -0.497 e. The van der Waals surface area contributed by atoms with Crippen LogP contribution in [0.5, 0.6) is 5.75 Å². The molecule has 6 nitrogen and oxygen atoms in total. The number of benzene rings is 1. The summed E-state index contributed by atoms with van der Waals surface area (Å²) in [6.07, 6.45) is 2.41. The van der Waals surface area contributed by atoms with Gasteiger partial charge in [0.1, 0.15) is 5.75 Å². The first-order valence-electron chi connectivity index (χ1n) is 8.02. The Morgan fingerprint density at radius 2 is 1.96 bits per heavy atom. The van der Waals surface area contributed by atoms with Gasteiger partial charge in [-0.25, -0.2) is 0 Å². The first kappa shape index (κ1) is 18.3. The van der Waals surface area contributed by atoms with E-state index in [1.807, 2.05) is 24.3 Å². The number of thioether (sulfide) groups is 1. The predicted molar refractivity (Wildman–Crippen MR) is 93.3 cm³/mol. The predicted octanol–water partition coefficient (Wildman–Crippen LogP) is 3.07. The summed E-state index contributed by atoms with van der Waals surface area (Å²) in [6.45, 7) is 4.12. The highest BCUT2D eigenvalue weighted by Gasteiger charge is 2.12. The Morgan fingerprint density at radius 3 is 2.58 bits per heavy atom. The summed E-state index contributed by atoms with van der Waals surface area (Å²) >= 11 is 1.26. The molecule has 0 aliphatic rings. The van der Waals surface area contributed by atoms with Crippen LogP contribution in [0.2, 0.25) is 0 Å². The molecule has 1 aromatic carbocycles. The molecule has 2 aromatic rings. The van der Waals surface area contributed by atoms with Crippen molar-refractivity contribution in [1.82, 2.24) is 15.5 Å². The summed E-state index contributed by atoms with van der Waals surface area (Å²) in [7, 11) is 1.63. The molecule has 0 aliphatic heterocycles. The molecule has 0 saturated carbocycles. The van der Waals surface area contributed by atoms with E-state index in [-0.39, 0.29) is 17.7 Å². The first-order chi connectivity index (χ1) is 11.6. The number of ether oxygens (including phenoxy) is 1. The molecule has 1 heterocycles. The molecule has 1 amide bonds. The number of rotatable bonds is 9. The number of carbonyl (C=O) groups excluding carboxylic acids is 1. The van der Waals surface area contributed by atoms with Crippen molar-refractivity contribution in [2.45, 2.75) is 44.4 Å². The minimum atomic E-state index is -0.0106. The average molecular weight is 349 g/mol. The summed E-state index contributed by atoms with van der Waals surface area (Å²) in [4.78, 5) is 11.9. The fraction of sp³-hybridized carbons (Fsp3) is 0.471. The lowest BCUT2D eigenvalue weighted by molar-refractivity contribution is -0.119. The van der Waals surface area contributed by atoms with Gasteiger partial charge in [-0.1, -0.05) is 37.7 Å². The maximum atomic E-state index is 11.9. The fourth-order valence-corrected chi connectivity index (χ4v) is 2.77. The number of amides is 1. The number of nitrogens with zero attached hydrogens (tertiary/aromatic N) is 2. The van der Waals surface area contributed by atoms with Crippen molar-refractivity contribution in [2.75, 3.05) is 12.9 Å². The zero-order chi connectivity index (χ0) is 17.4. The highest BCUT2D eigenvalue weighted by molar-refractivity contribution is 7.99. The maximum Gasteiger partial charge on any atom is 0.277 e. The third-order valence-electron chi connectivity index (χ3n) is 3.64. The van der Waals surface area contributed by atoms with E-state index in [2.05, 4.69) is 29.4 Å². The zero-order valence-corrected chi connectivity index (χ0v) is 15.1. The highest BCUT2D eigenvalue weighted by atomic mass is 32.2. The van der Waals surface area contributed by atoms with Crippen LogP contribution in [0.4, 0.5) is 0 Å². The Kier molecular flexibility index (Phi) is 7.11. The largest absolute Gasteiger partial charge is 0.497 e. The van der Waals surface area contributed by atoms with Gasteiger partial charge in [0.15, 0.2) is 0 Å². The zero-order valence-electron chi connectivity index (χ0n) is 14.2. The summed E-state index contributed by atoms with van der Waals surface area (Å²) in [5.41, 5.74) is 1.06. The standard InChI is InChI=1S/C17H23N3O3S/c1-4-13(5-2)18-15(21)11-24-17-20-19-16(23-17)10-12-6-8-14(22-3)9-7-12/h6-9,13H,4-5,10-11H2,1-3H3,(H,18,21). The summed E-state index contributed by atoms with van der Waals surface area (Å²) in [5.74, 6) is 1.61. The van der Waals surface area contributed by atoms with Crippen LogP contribution in [-0.2, 0) is 11.2 Å². The number of hydrogen-bond acceptors (Lipinski definition) is 6. The second-order valence-electron chi connectivity index (χ2n) is 5.36. The molecule has 130 valence electrons. The van der Waals surface area contributed by atoms with Gasteiger partial charge in [-0.2, -0.15) is 0 Å². The lowest BCUT2D eigenvalue weighted by Crippen LogP contribution is -2.34. The number of methoxy groups -OCH3 is 1. The third kappa shape index (κ3) is 5.56. The van der Waals surface area contributed by atoms with Gasteiger partial charge in [0.25, 0.3) is 5.22 Å². The normalized spacial score (nSPS) is 10.8. The highest BCUT2D eigenvalue weighted by Crippen LogP contribution is 2.19. The average Bonchev–Trinajstić information content (AvgIpc) is 3.06. The van der Waals surface area contributed by atoms with Gasteiger partial charge in [-0.05, 0) is 30.5 Å². The van der Waals surface area contributed by atoms with Crippen molar-refractivity contribution in [3.05, 3.63) is 35.7 Å². The van der Waals surface area contributed by atoms with E-state index in [1.54, 1.807) is 7.11 Å². The maximum absolute atomic E-state index is 11.9. The van der Waals surface area contributed by atoms with Gasteiger partial charge < -0.3 is 14.5 Å². The lowest BCUT2D eigenvalue weighted by Gasteiger charge is -2.13. The van der Waals surface area contributed by atoms with Crippen molar-refractivity contribution in [2.24, 2.45) is 0 Å². The molecule has 0 fully saturated rings. The number of hydrogen-bond donors (Lipinski definition) is 1. The van der Waals surface area contributed by atoms with Gasteiger partial charge in [0.2, 0.25) is 11.8 Å². The van der Waals surface area contributed by atoms with Crippen molar-refractivity contribution in [1.29, 1.82) is 0 Å². The molecule has 0 spiro atoms. The van der Waals surface area contributed by atoms with E-state index < -0.39 is 0 Å². The third-order valence-corrected chi connectivity index (χ3v) is 4.46. The first-order valence-corrected chi connectivity index (χ1v) is 9.00. The Bertz CT molecular complexity index is 639. The van der Waals surface area contributed by atoms with Crippen LogP contribution in [0.15, 0.2) is 33.9 Å². The summed E-state index contributed by atoms with van der Waals surface area (Å²) < 4.78 is 10.7. The number of carbonyl (C=O) groups is 1. The second-order valence-corrected chi connectivity index (χ2v) is 6.28. The fourth-order valence-electron chi connectivity index (χ4n) is 2.18. The lowest BCUT2D eigenvalue weighted by atomic mass is 10.1. The summed E-state index contributed by atoms with van der Waals surface area (Å²) in [6, 6.07) is 7.93. The molecular weight excluding hydrogens is 326 g/mol. The summed E-state index contributed by atoms with van der Waals surface area (Å²) in [5, 5.41) is 11.4. The van der Waals surface area contributed by atoms with Crippen LogP contribution in [0.3, 0.4) is 0 Å². The molecule has 0 aliphatic carbocycles. The Labute approximate surface area is 146 Å². The second kappa shape index (κ2) is 9.32. The van der Waals surface area contributed by atoms with E-state index >= 15 is 0 Å². The Balaban J connectivity index is 1.83.